The van der Waals surface area contributed by atoms with Crippen molar-refractivity contribution in [3.05, 3.63) is 57.3 Å². The van der Waals surface area contributed by atoms with Gasteiger partial charge in [-0.1, -0.05) is 35.3 Å². The molecule has 1 atom stereocenters. The molecule has 2 aromatic rings. The number of amides is 2. The Morgan fingerprint density at radius 2 is 2.11 bits per heavy atom. The van der Waals surface area contributed by atoms with Crippen molar-refractivity contribution in [1.29, 1.82) is 0 Å². The van der Waals surface area contributed by atoms with Crippen LogP contribution in [-0.2, 0) is 16.1 Å². The van der Waals surface area contributed by atoms with Crippen LogP contribution < -0.4 is 10.6 Å². The maximum Gasteiger partial charge on any atom is 0.244 e. The molecule has 0 saturated carbocycles. The number of hydrogen-bond acceptors (Lipinski definition) is 3. The van der Waals surface area contributed by atoms with Crippen LogP contribution in [0, 0.1) is 6.92 Å². The molecule has 0 spiro atoms. The Balaban J connectivity index is 1.68. The van der Waals surface area contributed by atoms with Crippen molar-refractivity contribution in [2.45, 2.75) is 32.4 Å². The Morgan fingerprint density at radius 3 is 2.81 bits per heavy atom. The highest BCUT2D eigenvalue weighted by molar-refractivity contribution is 6.31. The first kappa shape index (κ1) is 19.5. The molecular formula is C19H20Cl2N4O2. The van der Waals surface area contributed by atoms with Crippen molar-refractivity contribution in [2.24, 2.45) is 0 Å². The van der Waals surface area contributed by atoms with Gasteiger partial charge < -0.3 is 10.6 Å². The molecule has 0 radical (unpaired) electrons. The number of benzene rings is 1. The molecule has 0 bridgehead atoms. The van der Waals surface area contributed by atoms with Crippen molar-refractivity contribution in [1.82, 2.24) is 20.4 Å². The van der Waals surface area contributed by atoms with Crippen molar-refractivity contribution in [3.63, 3.8) is 0 Å². The highest BCUT2D eigenvalue weighted by atomic mass is 35.5. The van der Waals surface area contributed by atoms with Crippen LogP contribution in [0.2, 0.25) is 10.2 Å². The van der Waals surface area contributed by atoms with Gasteiger partial charge in [0.2, 0.25) is 11.8 Å². The smallest absolute Gasteiger partial charge is 0.244 e. The lowest BCUT2D eigenvalue weighted by atomic mass is 10.1. The number of halogens is 2. The minimum absolute atomic E-state index is 0.145. The summed E-state index contributed by atoms with van der Waals surface area (Å²) in [5, 5.41) is 11.0. The number of hydrogen-bond donors (Lipinski definition) is 2. The Hall–Kier alpha value is -2.31. The lowest BCUT2D eigenvalue weighted by molar-refractivity contribution is -0.128. The number of aromatic nitrogens is 2. The van der Waals surface area contributed by atoms with Crippen LogP contribution in [0.5, 0.6) is 0 Å². The van der Waals surface area contributed by atoms with E-state index < -0.39 is 6.04 Å². The summed E-state index contributed by atoms with van der Waals surface area (Å²) in [5.41, 5.74) is 2.41. The van der Waals surface area contributed by atoms with Gasteiger partial charge in [0, 0.05) is 23.2 Å². The number of rotatable bonds is 5. The van der Waals surface area contributed by atoms with Gasteiger partial charge in [-0.15, -0.1) is 0 Å². The highest BCUT2D eigenvalue weighted by Crippen LogP contribution is 2.22. The zero-order valence-corrected chi connectivity index (χ0v) is 16.3. The van der Waals surface area contributed by atoms with Crippen LogP contribution in [0.25, 0.3) is 6.08 Å². The summed E-state index contributed by atoms with van der Waals surface area (Å²) in [6, 6.07) is 6.96. The molecule has 27 heavy (non-hydrogen) atoms. The molecule has 1 aromatic carbocycles. The van der Waals surface area contributed by atoms with Gasteiger partial charge in [0.05, 0.1) is 12.2 Å². The molecule has 1 unspecified atom stereocenters. The van der Waals surface area contributed by atoms with Gasteiger partial charge in [-0.25, -0.2) is 4.68 Å². The molecule has 1 saturated heterocycles. The second-order valence-electron chi connectivity index (χ2n) is 6.40. The van der Waals surface area contributed by atoms with Crippen molar-refractivity contribution < 1.29 is 9.59 Å². The third kappa shape index (κ3) is 4.90. The van der Waals surface area contributed by atoms with Crippen molar-refractivity contribution in [2.75, 3.05) is 6.54 Å². The predicted molar refractivity (Wildman–Crippen MR) is 106 cm³/mol. The third-order valence-corrected chi connectivity index (χ3v) is 5.01. The molecule has 1 aliphatic rings. The quantitative estimate of drug-likeness (QED) is 0.749. The first-order chi connectivity index (χ1) is 12.9. The maximum atomic E-state index is 12.1. The average Bonchev–Trinajstić information content (AvgIpc) is 2.90. The molecule has 2 heterocycles. The van der Waals surface area contributed by atoms with Gasteiger partial charge in [-0.05, 0) is 43.5 Å². The summed E-state index contributed by atoms with van der Waals surface area (Å²) < 4.78 is 1.67. The molecule has 2 amide bonds. The second kappa shape index (κ2) is 8.59. The van der Waals surface area contributed by atoms with Crippen LogP contribution in [0.15, 0.2) is 30.3 Å². The number of nitrogens with one attached hydrogen (secondary N) is 2. The maximum absolute atomic E-state index is 12.1. The van der Waals surface area contributed by atoms with Gasteiger partial charge >= 0.3 is 0 Å². The van der Waals surface area contributed by atoms with E-state index in [1.165, 1.54) is 6.08 Å². The summed E-state index contributed by atoms with van der Waals surface area (Å²) >= 11 is 12.3. The van der Waals surface area contributed by atoms with Crippen molar-refractivity contribution >= 4 is 41.1 Å². The van der Waals surface area contributed by atoms with E-state index >= 15 is 0 Å². The summed E-state index contributed by atoms with van der Waals surface area (Å²) in [4.78, 5) is 23.8. The zero-order valence-electron chi connectivity index (χ0n) is 14.8. The zero-order chi connectivity index (χ0) is 19.4. The fourth-order valence-corrected chi connectivity index (χ4v) is 3.34. The Bertz CT molecular complexity index is 875. The first-order valence-electron chi connectivity index (χ1n) is 8.67. The topological polar surface area (TPSA) is 76.0 Å². The van der Waals surface area contributed by atoms with Crippen LogP contribution >= 0.6 is 23.2 Å². The molecule has 6 nitrogen and oxygen atoms in total. The van der Waals surface area contributed by atoms with Gasteiger partial charge in [0.25, 0.3) is 0 Å². The number of aryl methyl sites for hydroxylation is 1. The number of carbonyl (C=O) groups excluding carboxylic acids is 2. The highest BCUT2D eigenvalue weighted by Gasteiger charge is 2.22. The van der Waals surface area contributed by atoms with E-state index in [1.807, 2.05) is 31.2 Å². The van der Waals surface area contributed by atoms with E-state index in [-0.39, 0.29) is 11.8 Å². The van der Waals surface area contributed by atoms with E-state index in [0.717, 1.165) is 12.0 Å². The molecule has 0 aliphatic carbocycles. The van der Waals surface area contributed by atoms with E-state index in [1.54, 1.807) is 10.8 Å². The molecule has 2 N–H and O–H groups in total. The van der Waals surface area contributed by atoms with E-state index in [9.17, 15) is 9.59 Å². The largest absolute Gasteiger partial charge is 0.354 e. The summed E-state index contributed by atoms with van der Waals surface area (Å²) in [6.07, 6.45) is 4.50. The Labute approximate surface area is 167 Å². The molecular weight excluding hydrogens is 387 g/mol. The molecule has 1 aromatic heterocycles. The number of piperidine rings is 1. The number of carbonyl (C=O) groups is 2. The fourth-order valence-electron chi connectivity index (χ4n) is 2.91. The van der Waals surface area contributed by atoms with E-state index in [2.05, 4.69) is 15.7 Å². The van der Waals surface area contributed by atoms with Gasteiger partial charge in [0.1, 0.15) is 11.2 Å². The normalized spacial score (nSPS) is 17.1. The summed E-state index contributed by atoms with van der Waals surface area (Å²) in [6.45, 7) is 2.98. The minimum Gasteiger partial charge on any atom is -0.354 e. The number of nitrogens with zero attached hydrogens (tertiary/aromatic N) is 2. The lowest BCUT2D eigenvalue weighted by Crippen LogP contribution is -2.49. The molecule has 142 valence electrons. The van der Waals surface area contributed by atoms with E-state index in [4.69, 9.17) is 23.2 Å². The van der Waals surface area contributed by atoms with Gasteiger partial charge in [-0.3, -0.25) is 9.59 Å². The summed E-state index contributed by atoms with van der Waals surface area (Å²) in [7, 11) is 0. The summed E-state index contributed by atoms with van der Waals surface area (Å²) in [5.74, 6) is -0.481. The van der Waals surface area contributed by atoms with Crippen molar-refractivity contribution in [3.8, 4) is 0 Å². The predicted octanol–water partition coefficient (Wildman–Crippen LogP) is 2.95. The molecule has 1 aliphatic heterocycles. The monoisotopic (exact) mass is 406 g/mol. The van der Waals surface area contributed by atoms with Gasteiger partial charge in [0.15, 0.2) is 0 Å². The van der Waals surface area contributed by atoms with Crippen LogP contribution in [0.3, 0.4) is 0 Å². The second-order valence-corrected chi connectivity index (χ2v) is 7.20. The first-order valence-corrected chi connectivity index (χ1v) is 9.43. The van der Waals surface area contributed by atoms with Gasteiger partial charge in [-0.2, -0.15) is 5.10 Å². The average molecular weight is 407 g/mol. The molecule has 8 heteroatoms. The van der Waals surface area contributed by atoms with E-state index in [0.29, 0.717) is 40.9 Å². The minimum atomic E-state index is -0.486. The Kier molecular flexibility index (Phi) is 6.19. The standard InChI is InChI=1S/C19H20Cl2N4O2/c1-12-15(8-9-17(26)23-16-3-2-10-22-19(16)27)18(21)25(24-12)11-13-4-6-14(20)7-5-13/h4-9,16H,2-3,10-11H2,1H3,(H,22,27)(H,23,26)/b9-8+. The molecule has 1 fully saturated rings. The Morgan fingerprint density at radius 1 is 1.37 bits per heavy atom. The SMILES string of the molecule is Cc1nn(Cc2ccc(Cl)cc2)c(Cl)c1/C=C/C(=O)NC1CCCNC1=O. The molecule has 3 rings (SSSR count). The van der Waals surface area contributed by atoms with Crippen LogP contribution in [-0.4, -0.2) is 34.2 Å². The van der Waals surface area contributed by atoms with Crippen LogP contribution in [0.4, 0.5) is 0 Å². The third-order valence-electron chi connectivity index (χ3n) is 4.36. The fraction of sp³-hybridized carbons (Fsp3) is 0.316. The lowest BCUT2D eigenvalue weighted by Gasteiger charge is -2.22. The van der Waals surface area contributed by atoms with Crippen LogP contribution in [0.1, 0.15) is 29.7 Å².